The molecule has 0 bridgehead atoms. The Labute approximate surface area is 171 Å². The second-order valence-corrected chi connectivity index (χ2v) is 7.41. The first kappa shape index (κ1) is 17.7. The second-order valence-electron chi connectivity index (χ2n) is 6.49. The molecular weight excluding hydrogens is 441 g/mol. The average molecular weight is 452 g/mol. The van der Waals surface area contributed by atoms with E-state index in [0.29, 0.717) is 5.56 Å². The van der Waals surface area contributed by atoms with E-state index >= 15 is 0 Å². The molecule has 0 fully saturated rings. The van der Waals surface area contributed by atoms with E-state index in [2.05, 4.69) is 25.9 Å². The first-order valence-corrected chi connectivity index (χ1v) is 9.46. The van der Waals surface area contributed by atoms with Gasteiger partial charge >= 0.3 is 0 Å². The minimum atomic E-state index is -0.795. The molecule has 142 valence electrons. The molecule has 0 spiro atoms. The van der Waals surface area contributed by atoms with Crippen molar-refractivity contribution < 1.29 is 13.6 Å². The van der Waals surface area contributed by atoms with E-state index in [0.717, 1.165) is 10.5 Å². The molecule has 1 aliphatic rings. The van der Waals surface area contributed by atoms with E-state index in [-0.39, 0.29) is 28.2 Å². The van der Waals surface area contributed by atoms with Crippen molar-refractivity contribution in [2.24, 2.45) is 0 Å². The van der Waals surface area contributed by atoms with Crippen LogP contribution in [0.5, 0.6) is 0 Å². The van der Waals surface area contributed by atoms with Crippen molar-refractivity contribution in [3.63, 3.8) is 0 Å². The third-order valence-corrected chi connectivity index (χ3v) is 5.31. The molecule has 1 atom stereocenters. The molecule has 0 aliphatic carbocycles. The summed E-state index contributed by atoms with van der Waals surface area (Å²) in [5.41, 5.74) is 0.507. The summed E-state index contributed by atoms with van der Waals surface area (Å²) < 4.78 is 20.4. The highest BCUT2D eigenvalue weighted by molar-refractivity contribution is 9.10. The Hall–Kier alpha value is -3.39. The van der Waals surface area contributed by atoms with E-state index in [1.54, 1.807) is 18.2 Å². The Morgan fingerprint density at radius 1 is 1.03 bits per heavy atom. The highest BCUT2D eigenvalue weighted by atomic mass is 79.9. The zero-order valence-corrected chi connectivity index (χ0v) is 16.3. The lowest BCUT2D eigenvalue weighted by molar-refractivity contribution is 0.0969. The van der Waals surface area contributed by atoms with Crippen LogP contribution in [0.4, 0.5) is 10.3 Å². The summed E-state index contributed by atoms with van der Waals surface area (Å²) in [6.45, 7) is 0. The Kier molecular flexibility index (Phi) is 4.02. The number of carbonyl (C=O) groups is 1. The van der Waals surface area contributed by atoms with Gasteiger partial charge in [0.25, 0.3) is 5.91 Å². The quantitative estimate of drug-likeness (QED) is 0.455. The lowest BCUT2D eigenvalue weighted by atomic mass is 9.99. The number of rotatable bonds is 2. The molecule has 29 heavy (non-hydrogen) atoms. The molecule has 1 unspecified atom stereocenters. The smallest absolute Gasteiger partial charge is 0.297 e. The summed E-state index contributed by atoms with van der Waals surface area (Å²) in [6, 6.07) is 11.7. The van der Waals surface area contributed by atoms with Gasteiger partial charge in [-0.3, -0.25) is 14.5 Å². The Bertz CT molecular complexity index is 1320. The topological polar surface area (TPSA) is 76.3 Å². The highest BCUT2D eigenvalue weighted by Crippen LogP contribution is 2.40. The first-order chi connectivity index (χ1) is 14.0. The lowest BCUT2D eigenvalue weighted by Crippen LogP contribution is -2.31. The SMILES string of the molecule is O=C1c2oc3ccc(F)cc3c(=O)c2C(c2ccc(Br)cc2)N1c1ncccn1. The van der Waals surface area contributed by atoms with Gasteiger partial charge in [-0.1, -0.05) is 28.1 Å². The fraction of sp³-hybridized carbons (Fsp3) is 0.0476. The van der Waals surface area contributed by atoms with E-state index in [1.165, 1.54) is 29.4 Å². The van der Waals surface area contributed by atoms with Crippen LogP contribution in [0.25, 0.3) is 11.0 Å². The van der Waals surface area contributed by atoms with Crippen molar-refractivity contribution >= 4 is 38.8 Å². The maximum Gasteiger partial charge on any atom is 0.297 e. The van der Waals surface area contributed by atoms with Gasteiger partial charge in [0.2, 0.25) is 11.7 Å². The van der Waals surface area contributed by atoms with E-state index < -0.39 is 23.2 Å². The van der Waals surface area contributed by atoms with Crippen LogP contribution >= 0.6 is 15.9 Å². The van der Waals surface area contributed by atoms with Crippen molar-refractivity contribution in [2.75, 3.05) is 4.90 Å². The van der Waals surface area contributed by atoms with E-state index in [9.17, 15) is 14.0 Å². The van der Waals surface area contributed by atoms with E-state index in [4.69, 9.17) is 4.42 Å². The molecule has 2 aromatic carbocycles. The van der Waals surface area contributed by atoms with Crippen molar-refractivity contribution in [3.8, 4) is 0 Å². The fourth-order valence-corrected chi connectivity index (χ4v) is 3.79. The van der Waals surface area contributed by atoms with Gasteiger partial charge in [0.05, 0.1) is 17.0 Å². The molecule has 8 heteroatoms. The predicted octanol–water partition coefficient (Wildman–Crippen LogP) is 4.23. The van der Waals surface area contributed by atoms with Gasteiger partial charge in [0, 0.05) is 16.9 Å². The molecule has 0 radical (unpaired) electrons. The number of fused-ring (bicyclic) bond motifs is 2. The zero-order chi connectivity index (χ0) is 20.1. The second kappa shape index (κ2) is 6.59. The van der Waals surface area contributed by atoms with Gasteiger partial charge in [-0.2, -0.15) is 0 Å². The summed E-state index contributed by atoms with van der Waals surface area (Å²) in [4.78, 5) is 36.2. The molecule has 0 saturated carbocycles. The predicted molar refractivity (Wildman–Crippen MR) is 107 cm³/mol. The van der Waals surface area contributed by atoms with Crippen LogP contribution in [0, 0.1) is 5.82 Å². The molecule has 1 amide bonds. The first-order valence-electron chi connectivity index (χ1n) is 8.67. The Balaban J connectivity index is 1.83. The normalized spacial score (nSPS) is 15.7. The van der Waals surface area contributed by atoms with Crippen molar-refractivity contribution in [1.29, 1.82) is 0 Å². The van der Waals surface area contributed by atoms with Crippen molar-refractivity contribution in [1.82, 2.24) is 9.97 Å². The maximum absolute atomic E-state index is 13.8. The third-order valence-electron chi connectivity index (χ3n) is 4.79. The number of nitrogens with zero attached hydrogens (tertiary/aromatic N) is 3. The van der Waals surface area contributed by atoms with Crippen LogP contribution < -0.4 is 10.3 Å². The number of benzene rings is 2. The molecular formula is C21H11BrFN3O3. The maximum atomic E-state index is 13.8. The van der Waals surface area contributed by atoms with Crippen molar-refractivity contribution in [2.45, 2.75) is 6.04 Å². The minimum Gasteiger partial charge on any atom is -0.450 e. The van der Waals surface area contributed by atoms with Gasteiger partial charge in [-0.25, -0.2) is 14.4 Å². The third kappa shape index (κ3) is 2.75. The number of amides is 1. The molecule has 0 N–H and O–H groups in total. The largest absolute Gasteiger partial charge is 0.450 e. The lowest BCUT2D eigenvalue weighted by Gasteiger charge is -2.23. The number of aromatic nitrogens is 2. The van der Waals surface area contributed by atoms with Crippen LogP contribution in [-0.2, 0) is 0 Å². The van der Waals surface area contributed by atoms with Gasteiger partial charge in [-0.15, -0.1) is 0 Å². The van der Waals surface area contributed by atoms with Crippen LogP contribution in [0.3, 0.4) is 0 Å². The van der Waals surface area contributed by atoms with Gasteiger partial charge in [0.1, 0.15) is 11.4 Å². The minimum absolute atomic E-state index is 0.0782. The Morgan fingerprint density at radius 3 is 2.48 bits per heavy atom. The molecule has 4 aromatic rings. The molecule has 3 heterocycles. The van der Waals surface area contributed by atoms with Gasteiger partial charge < -0.3 is 4.42 Å². The Morgan fingerprint density at radius 2 is 1.76 bits per heavy atom. The van der Waals surface area contributed by atoms with Gasteiger partial charge in [0.15, 0.2) is 5.43 Å². The summed E-state index contributed by atoms with van der Waals surface area (Å²) in [6.07, 6.45) is 3.02. The number of carbonyl (C=O) groups excluding carboxylic acids is 1. The number of anilines is 1. The zero-order valence-electron chi connectivity index (χ0n) is 14.7. The van der Waals surface area contributed by atoms with E-state index in [1.807, 2.05) is 12.1 Å². The summed E-state index contributed by atoms with van der Waals surface area (Å²) >= 11 is 3.39. The standard InChI is InChI=1S/C21H11BrFN3O3/c22-12-4-2-11(3-5-12)17-16-18(27)14-10-13(23)6-7-15(14)29-19(16)20(28)26(17)21-24-8-1-9-25-21/h1-10,17H. The van der Waals surface area contributed by atoms with Crippen LogP contribution in [0.15, 0.2) is 74.6 Å². The summed E-state index contributed by atoms with van der Waals surface area (Å²) in [7, 11) is 0. The number of hydrogen-bond donors (Lipinski definition) is 0. The highest BCUT2D eigenvalue weighted by Gasteiger charge is 2.44. The molecule has 1 aliphatic heterocycles. The molecule has 2 aromatic heterocycles. The fourth-order valence-electron chi connectivity index (χ4n) is 3.53. The number of halogens is 2. The molecule has 0 saturated heterocycles. The molecule has 6 nitrogen and oxygen atoms in total. The molecule has 5 rings (SSSR count). The number of hydrogen-bond acceptors (Lipinski definition) is 5. The van der Waals surface area contributed by atoms with Crippen LogP contribution in [0.2, 0.25) is 0 Å². The van der Waals surface area contributed by atoms with Crippen LogP contribution in [-0.4, -0.2) is 15.9 Å². The summed E-state index contributed by atoms with van der Waals surface area (Å²) in [5, 5.41) is 0.0782. The van der Waals surface area contributed by atoms with Gasteiger partial charge in [-0.05, 0) is 42.0 Å². The monoisotopic (exact) mass is 451 g/mol. The van der Waals surface area contributed by atoms with Crippen LogP contribution in [0.1, 0.15) is 27.7 Å². The average Bonchev–Trinajstić information content (AvgIpc) is 3.03. The summed E-state index contributed by atoms with van der Waals surface area (Å²) in [5.74, 6) is -1.03. The van der Waals surface area contributed by atoms with Crippen molar-refractivity contribution in [3.05, 3.63) is 98.3 Å².